The first-order chi connectivity index (χ1) is 10.5. The highest BCUT2D eigenvalue weighted by Gasteiger charge is 2.44. The van der Waals surface area contributed by atoms with E-state index < -0.39 is 5.41 Å². The first-order valence-corrected chi connectivity index (χ1v) is 7.19. The van der Waals surface area contributed by atoms with E-state index in [1.165, 1.54) is 13.1 Å². The standard InChI is InChI=1S/C17H17NO4/c1-18-14(20)10-17(8-6-11(19)7-9-17)15-12(16(18)21)4-3-5-13(15)22-2/h3-6,8H,7,9-10H2,1-2H3. The second-order valence-electron chi connectivity index (χ2n) is 5.77. The third-order valence-electron chi connectivity index (χ3n) is 4.53. The number of ketones is 1. The van der Waals surface area contributed by atoms with Crippen LogP contribution in [0.3, 0.4) is 0 Å². The number of methoxy groups -OCH3 is 1. The maximum absolute atomic E-state index is 12.6. The van der Waals surface area contributed by atoms with Crippen LogP contribution in [0.15, 0.2) is 30.4 Å². The zero-order chi connectivity index (χ0) is 15.9. The molecule has 1 heterocycles. The number of carbonyl (C=O) groups excluding carboxylic acids is 3. The lowest BCUT2D eigenvalue weighted by Gasteiger charge is -2.33. The van der Waals surface area contributed by atoms with Gasteiger partial charge in [-0.3, -0.25) is 19.3 Å². The van der Waals surface area contributed by atoms with Gasteiger partial charge in [-0.2, -0.15) is 0 Å². The molecule has 1 aliphatic heterocycles. The molecule has 5 nitrogen and oxygen atoms in total. The van der Waals surface area contributed by atoms with E-state index in [2.05, 4.69) is 0 Å². The van der Waals surface area contributed by atoms with Crippen LogP contribution in [0.25, 0.3) is 0 Å². The maximum atomic E-state index is 12.6. The van der Waals surface area contributed by atoms with Gasteiger partial charge in [-0.15, -0.1) is 0 Å². The Morgan fingerprint density at radius 3 is 2.64 bits per heavy atom. The van der Waals surface area contributed by atoms with Crippen LogP contribution in [0.1, 0.15) is 35.2 Å². The highest BCUT2D eigenvalue weighted by molar-refractivity contribution is 6.08. The Bertz CT molecular complexity index is 707. The van der Waals surface area contributed by atoms with E-state index in [1.54, 1.807) is 31.4 Å². The average molecular weight is 299 g/mol. The highest BCUT2D eigenvalue weighted by Crippen LogP contribution is 2.45. The van der Waals surface area contributed by atoms with Gasteiger partial charge in [0.15, 0.2) is 5.78 Å². The number of nitrogens with zero attached hydrogens (tertiary/aromatic N) is 1. The summed E-state index contributed by atoms with van der Waals surface area (Å²) in [6.07, 6.45) is 4.31. The van der Waals surface area contributed by atoms with E-state index in [4.69, 9.17) is 4.74 Å². The molecule has 3 rings (SSSR count). The fraction of sp³-hybridized carbons (Fsp3) is 0.353. The molecule has 0 aromatic heterocycles. The van der Waals surface area contributed by atoms with Gasteiger partial charge in [-0.25, -0.2) is 0 Å². The quantitative estimate of drug-likeness (QED) is 0.742. The van der Waals surface area contributed by atoms with Gasteiger partial charge >= 0.3 is 0 Å². The lowest BCUT2D eigenvalue weighted by Crippen LogP contribution is -2.34. The summed E-state index contributed by atoms with van der Waals surface area (Å²) in [7, 11) is 3.03. The van der Waals surface area contributed by atoms with Gasteiger partial charge in [-0.1, -0.05) is 12.1 Å². The van der Waals surface area contributed by atoms with E-state index in [0.717, 1.165) is 4.90 Å². The molecule has 22 heavy (non-hydrogen) atoms. The molecular formula is C17H17NO4. The van der Waals surface area contributed by atoms with Gasteiger partial charge in [0.2, 0.25) is 5.91 Å². The van der Waals surface area contributed by atoms with Gasteiger partial charge in [0.25, 0.3) is 5.91 Å². The summed E-state index contributed by atoms with van der Waals surface area (Å²) >= 11 is 0. The second-order valence-corrected chi connectivity index (χ2v) is 5.77. The van der Waals surface area contributed by atoms with Crippen molar-refractivity contribution in [3.05, 3.63) is 41.5 Å². The number of imide groups is 1. The van der Waals surface area contributed by atoms with E-state index in [-0.39, 0.29) is 24.0 Å². The Labute approximate surface area is 128 Å². The van der Waals surface area contributed by atoms with E-state index in [9.17, 15) is 14.4 Å². The first-order valence-electron chi connectivity index (χ1n) is 7.19. The minimum atomic E-state index is -0.659. The number of fused-ring (bicyclic) bond motifs is 2. The average Bonchev–Trinajstić information content (AvgIpc) is 2.61. The van der Waals surface area contributed by atoms with Crippen LogP contribution >= 0.6 is 0 Å². The zero-order valence-corrected chi connectivity index (χ0v) is 12.6. The number of benzene rings is 1. The Hall–Kier alpha value is -2.43. The number of hydrogen-bond acceptors (Lipinski definition) is 4. The van der Waals surface area contributed by atoms with E-state index >= 15 is 0 Å². The van der Waals surface area contributed by atoms with Crippen molar-refractivity contribution in [2.24, 2.45) is 0 Å². The number of allylic oxidation sites excluding steroid dienone is 2. The lowest BCUT2D eigenvalue weighted by atomic mass is 9.69. The predicted molar refractivity (Wildman–Crippen MR) is 79.8 cm³/mol. The van der Waals surface area contributed by atoms with Crippen molar-refractivity contribution in [1.82, 2.24) is 4.90 Å². The first kappa shape index (κ1) is 14.5. The van der Waals surface area contributed by atoms with Gasteiger partial charge in [0.1, 0.15) is 5.75 Å². The molecule has 114 valence electrons. The molecule has 2 aliphatic rings. The van der Waals surface area contributed by atoms with Crippen LogP contribution < -0.4 is 4.74 Å². The summed E-state index contributed by atoms with van der Waals surface area (Å²) in [4.78, 5) is 37.7. The smallest absolute Gasteiger partial charge is 0.260 e. The molecule has 0 radical (unpaired) electrons. The summed E-state index contributed by atoms with van der Waals surface area (Å²) in [5, 5.41) is 0. The molecule has 1 atom stereocenters. The third kappa shape index (κ3) is 2.04. The van der Waals surface area contributed by atoms with Crippen LogP contribution in [0.5, 0.6) is 5.75 Å². The summed E-state index contributed by atoms with van der Waals surface area (Å²) < 4.78 is 5.44. The van der Waals surface area contributed by atoms with Crippen molar-refractivity contribution < 1.29 is 19.1 Å². The molecule has 0 bridgehead atoms. The summed E-state index contributed by atoms with van der Waals surface area (Å²) in [5.74, 6) is 0.0368. The minimum Gasteiger partial charge on any atom is -0.496 e. The van der Waals surface area contributed by atoms with Crippen LogP contribution in [0.4, 0.5) is 0 Å². The topological polar surface area (TPSA) is 63.7 Å². The Kier molecular flexibility index (Phi) is 3.35. The number of rotatable bonds is 1. The van der Waals surface area contributed by atoms with E-state index in [0.29, 0.717) is 29.7 Å². The van der Waals surface area contributed by atoms with Crippen LogP contribution in [0.2, 0.25) is 0 Å². The molecule has 0 fully saturated rings. The zero-order valence-electron chi connectivity index (χ0n) is 12.6. The molecule has 5 heteroatoms. The number of carbonyl (C=O) groups is 3. The summed E-state index contributed by atoms with van der Waals surface area (Å²) in [6, 6.07) is 5.24. The van der Waals surface area contributed by atoms with Crippen molar-refractivity contribution in [1.29, 1.82) is 0 Å². The molecule has 1 aliphatic carbocycles. The lowest BCUT2D eigenvalue weighted by molar-refractivity contribution is -0.128. The van der Waals surface area contributed by atoms with Crippen LogP contribution in [0, 0.1) is 0 Å². The normalized spacial score (nSPS) is 24.5. The van der Waals surface area contributed by atoms with Crippen molar-refractivity contribution in [3.63, 3.8) is 0 Å². The summed E-state index contributed by atoms with van der Waals surface area (Å²) in [6.45, 7) is 0. The predicted octanol–water partition coefficient (Wildman–Crippen LogP) is 1.85. The fourth-order valence-electron chi connectivity index (χ4n) is 3.28. The number of ether oxygens (including phenoxy) is 1. The molecule has 2 amide bonds. The number of amides is 2. The van der Waals surface area contributed by atoms with Gasteiger partial charge in [0.05, 0.1) is 7.11 Å². The molecule has 1 aromatic rings. The van der Waals surface area contributed by atoms with Crippen molar-refractivity contribution in [3.8, 4) is 5.75 Å². The molecular weight excluding hydrogens is 282 g/mol. The van der Waals surface area contributed by atoms with Crippen LogP contribution in [-0.2, 0) is 15.0 Å². The Morgan fingerprint density at radius 2 is 2.00 bits per heavy atom. The fourth-order valence-corrected chi connectivity index (χ4v) is 3.28. The molecule has 1 spiro atoms. The molecule has 0 saturated carbocycles. The van der Waals surface area contributed by atoms with Gasteiger partial charge in [-0.05, 0) is 24.6 Å². The molecule has 0 saturated heterocycles. The third-order valence-corrected chi connectivity index (χ3v) is 4.53. The van der Waals surface area contributed by atoms with E-state index in [1.807, 2.05) is 0 Å². The van der Waals surface area contributed by atoms with Crippen LogP contribution in [-0.4, -0.2) is 36.7 Å². The maximum Gasteiger partial charge on any atom is 0.260 e. The number of hydrogen-bond donors (Lipinski definition) is 0. The van der Waals surface area contributed by atoms with Crippen molar-refractivity contribution in [2.45, 2.75) is 24.7 Å². The Morgan fingerprint density at radius 1 is 1.23 bits per heavy atom. The van der Waals surface area contributed by atoms with Gasteiger partial charge < -0.3 is 4.74 Å². The minimum absolute atomic E-state index is 0.0402. The molecule has 0 N–H and O–H groups in total. The van der Waals surface area contributed by atoms with Crippen molar-refractivity contribution in [2.75, 3.05) is 14.2 Å². The SMILES string of the molecule is COc1cccc2c1C1(C=CC(=O)CC1)CC(=O)N(C)C2=O. The summed E-state index contributed by atoms with van der Waals surface area (Å²) in [5.41, 5.74) is 0.517. The second kappa shape index (κ2) is 5.09. The monoisotopic (exact) mass is 299 g/mol. The van der Waals surface area contributed by atoms with Crippen molar-refractivity contribution >= 4 is 17.6 Å². The van der Waals surface area contributed by atoms with Gasteiger partial charge in [0, 0.05) is 36.4 Å². The Balaban J connectivity index is 2.30. The molecule has 1 aromatic carbocycles. The highest BCUT2D eigenvalue weighted by atomic mass is 16.5. The largest absolute Gasteiger partial charge is 0.496 e. The molecule has 1 unspecified atom stereocenters.